The molecule has 0 aromatic rings. The van der Waals surface area contributed by atoms with Gasteiger partial charge in [0.2, 0.25) is 0 Å². The fraction of sp³-hybridized carbons (Fsp3) is 0.857. The van der Waals surface area contributed by atoms with Crippen LogP contribution in [0.1, 0.15) is 6.92 Å². The Morgan fingerprint density at radius 3 is 2.75 bits per heavy atom. The summed E-state index contributed by atoms with van der Waals surface area (Å²) >= 11 is 0. The molecule has 0 aromatic carbocycles. The van der Waals surface area contributed by atoms with Gasteiger partial charge < -0.3 is 14.8 Å². The highest BCUT2D eigenvalue weighted by atomic mass is 35.5. The van der Waals surface area contributed by atoms with Crippen molar-refractivity contribution in [1.82, 2.24) is 5.32 Å². The summed E-state index contributed by atoms with van der Waals surface area (Å²) in [7, 11) is 1.36. The summed E-state index contributed by atoms with van der Waals surface area (Å²) in [5, 5.41) is 3.12. The third-order valence-corrected chi connectivity index (χ3v) is 1.66. The van der Waals surface area contributed by atoms with Crippen LogP contribution in [0.15, 0.2) is 0 Å². The van der Waals surface area contributed by atoms with E-state index in [2.05, 4.69) is 10.1 Å². The Kier molecular flexibility index (Phi) is 5.20. The zero-order valence-corrected chi connectivity index (χ0v) is 8.02. The number of nitrogens with one attached hydrogen (secondary N) is 1. The van der Waals surface area contributed by atoms with E-state index in [1.54, 1.807) is 0 Å². The first-order chi connectivity index (χ1) is 5.24. The molecule has 0 amide bonds. The maximum absolute atomic E-state index is 10.9. The first kappa shape index (κ1) is 11.7. The van der Waals surface area contributed by atoms with Crippen molar-refractivity contribution in [3.63, 3.8) is 0 Å². The summed E-state index contributed by atoms with van der Waals surface area (Å²) in [5.41, 5.74) is 0. The van der Waals surface area contributed by atoms with E-state index in [0.717, 1.165) is 0 Å². The summed E-state index contributed by atoms with van der Waals surface area (Å²) < 4.78 is 9.73. The van der Waals surface area contributed by atoms with Gasteiger partial charge in [-0.15, -0.1) is 12.4 Å². The van der Waals surface area contributed by atoms with E-state index in [4.69, 9.17) is 4.74 Å². The van der Waals surface area contributed by atoms with Gasteiger partial charge in [-0.2, -0.15) is 0 Å². The Labute approximate surface area is 78.0 Å². The van der Waals surface area contributed by atoms with E-state index >= 15 is 0 Å². The number of ether oxygens (including phenoxy) is 2. The molecule has 0 spiro atoms. The summed E-state index contributed by atoms with van der Waals surface area (Å²) in [6.07, 6.45) is -0.420. The predicted molar refractivity (Wildman–Crippen MR) is 46.5 cm³/mol. The van der Waals surface area contributed by atoms with Gasteiger partial charge in [0.15, 0.2) is 6.10 Å². The van der Waals surface area contributed by atoms with Gasteiger partial charge in [-0.25, -0.2) is 4.79 Å². The first-order valence-corrected chi connectivity index (χ1v) is 3.67. The minimum atomic E-state index is -0.420. The topological polar surface area (TPSA) is 47.6 Å². The lowest BCUT2D eigenvalue weighted by atomic mass is 10.2. The Hall–Kier alpha value is -0.320. The fourth-order valence-electron chi connectivity index (χ4n) is 0.969. The van der Waals surface area contributed by atoms with Crippen molar-refractivity contribution < 1.29 is 14.3 Å². The lowest BCUT2D eigenvalue weighted by molar-refractivity contribution is -0.156. The fourth-order valence-corrected chi connectivity index (χ4v) is 0.969. The number of methoxy groups -OCH3 is 1. The molecule has 1 aliphatic heterocycles. The standard InChI is InChI=1S/C7H13NO3.ClH/c1-5-4-11-6(3-8-5)7(9)10-2;/h5-6,8H,3-4H2,1-2H3;1H/t5?,6-;/m1./s1. The second-order valence-corrected chi connectivity index (χ2v) is 2.65. The average molecular weight is 196 g/mol. The Morgan fingerprint density at radius 1 is 1.67 bits per heavy atom. The number of morpholine rings is 1. The Bertz CT molecular complexity index is 146. The number of hydrogen-bond acceptors (Lipinski definition) is 4. The van der Waals surface area contributed by atoms with Crippen LogP contribution >= 0.6 is 12.4 Å². The molecule has 1 unspecified atom stereocenters. The highest BCUT2D eigenvalue weighted by molar-refractivity contribution is 5.85. The summed E-state index contributed by atoms with van der Waals surface area (Å²) in [5.74, 6) is -0.301. The van der Waals surface area contributed by atoms with Crippen molar-refractivity contribution in [2.24, 2.45) is 0 Å². The highest BCUT2D eigenvalue weighted by Gasteiger charge is 2.24. The van der Waals surface area contributed by atoms with E-state index in [1.165, 1.54) is 7.11 Å². The van der Waals surface area contributed by atoms with Gasteiger partial charge in [-0.1, -0.05) is 0 Å². The summed E-state index contributed by atoms with van der Waals surface area (Å²) in [6.45, 7) is 3.13. The molecule has 2 atom stereocenters. The second kappa shape index (κ2) is 5.35. The van der Waals surface area contributed by atoms with E-state index in [1.807, 2.05) is 6.92 Å². The molecule has 5 heteroatoms. The highest BCUT2D eigenvalue weighted by Crippen LogP contribution is 2.01. The van der Waals surface area contributed by atoms with E-state index in [-0.39, 0.29) is 18.4 Å². The average Bonchev–Trinajstić information content (AvgIpc) is 2.05. The number of halogens is 1. The Balaban J connectivity index is 0.00000121. The smallest absolute Gasteiger partial charge is 0.336 e. The van der Waals surface area contributed by atoms with Crippen LogP contribution in [-0.4, -0.2) is 38.4 Å². The van der Waals surface area contributed by atoms with Crippen molar-refractivity contribution in [1.29, 1.82) is 0 Å². The van der Waals surface area contributed by atoms with Gasteiger partial charge in [-0.05, 0) is 6.92 Å². The largest absolute Gasteiger partial charge is 0.467 e. The van der Waals surface area contributed by atoms with Crippen LogP contribution in [0, 0.1) is 0 Å². The first-order valence-electron chi connectivity index (χ1n) is 3.67. The van der Waals surface area contributed by atoms with Crippen molar-refractivity contribution in [3.8, 4) is 0 Å². The van der Waals surface area contributed by atoms with Gasteiger partial charge in [0.1, 0.15) is 0 Å². The molecule has 1 N–H and O–H groups in total. The molecule has 1 fully saturated rings. The molecule has 12 heavy (non-hydrogen) atoms. The molecule has 1 rings (SSSR count). The lowest BCUT2D eigenvalue weighted by Gasteiger charge is -2.26. The molecular formula is C7H14ClNO3. The van der Waals surface area contributed by atoms with Gasteiger partial charge in [0.25, 0.3) is 0 Å². The van der Waals surface area contributed by atoms with Crippen molar-refractivity contribution in [2.45, 2.75) is 19.1 Å². The number of carbonyl (C=O) groups excluding carboxylic acids is 1. The zero-order chi connectivity index (χ0) is 8.27. The van der Waals surface area contributed by atoms with Crippen molar-refractivity contribution in [2.75, 3.05) is 20.3 Å². The minimum absolute atomic E-state index is 0. The molecule has 1 saturated heterocycles. The number of rotatable bonds is 1. The minimum Gasteiger partial charge on any atom is -0.467 e. The van der Waals surface area contributed by atoms with Crippen LogP contribution in [0.25, 0.3) is 0 Å². The van der Waals surface area contributed by atoms with Crippen LogP contribution in [0.5, 0.6) is 0 Å². The normalized spacial score (nSPS) is 28.8. The van der Waals surface area contributed by atoms with Crippen LogP contribution < -0.4 is 5.32 Å². The summed E-state index contributed by atoms with van der Waals surface area (Å²) in [4.78, 5) is 10.9. The second-order valence-electron chi connectivity index (χ2n) is 2.65. The maximum atomic E-state index is 10.9. The number of hydrogen-bond donors (Lipinski definition) is 1. The maximum Gasteiger partial charge on any atom is 0.336 e. The van der Waals surface area contributed by atoms with Gasteiger partial charge in [0.05, 0.1) is 13.7 Å². The molecule has 0 aromatic heterocycles. The predicted octanol–water partition coefficient (Wildman–Crippen LogP) is -0.0419. The molecule has 0 saturated carbocycles. The van der Waals surface area contributed by atoms with Crippen LogP contribution in [-0.2, 0) is 14.3 Å². The molecule has 0 aliphatic carbocycles. The Morgan fingerprint density at radius 2 is 2.33 bits per heavy atom. The number of carbonyl (C=O) groups is 1. The quantitative estimate of drug-likeness (QED) is 0.597. The zero-order valence-electron chi connectivity index (χ0n) is 7.20. The molecule has 1 heterocycles. The van der Waals surface area contributed by atoms with Crippen LogP contribution in [0.4, 0.5) is 0 Å². The van der Waals surface area contributed by atoms with Crippen molar-refractivity contribution >= 4 is 18.4 Å². The molecular weight excluding hydrogens is 182 g/mol. The summed E-state index contributed by atoms with van der Waals surface area (Å²) in [6, 6.07) is 0.330. The molecule has 0 radical (unpaired) electrons. The van der Waals surface area contributed by atoms with E-state index < -0.39 is 6.10 Å². The van der Waals surface area contributed by atoms with Crippen molar-refractivity contribution in [3.05, 3.63) is 0 Å². The SMILES string of the molecule is COC(=O)[C@H]1CNC(C)CO1.Cl. The molecule has 0 bridgehead atoms. The monoisotopic (exact) mass is 195 g/mol. The number of esters is 1. The third kappa shape index (κ3) is 2.97. The van der Waals surface area contributed by atoms with E-state index in [9.17, 15) is 4.79 Å². The van der Waals surface area contributed by atoms with Gasteiger partial charge >= 0.3 is 5.97 Å². The lowest BCUT2D eigenvalue weighted by Crippen LogP contribution is -2.48. The van der Waals surface area contributed by atoms with Crippen LogP contribution in [0.2, 0.25) is 0 Å². The van der Waals surface area contributed by atoms with Crippen LogP contribution in [0.3, 0.4) is 0 Å². The third-order valence-electron chi connectivity index (χ3n) is 1.66. The molecule has 72 valence electrons. The van der Waals surface area contributed by atoms with Gasteiger partial charge in [0, 0.05) is 12.6 Å². The molecule has 1 aliphatic rings. The van der Waals surface area contributed by atoms with Gasteiger partial charge in [-0.3, -0.25) is 0 Å². The molecule has 4 nitrogen and oxygen atoms in total. The van der Waals surface area contributed by atoms with E-state index in [0.29, 0.717) is 19.2 Å².